The number of fused-ring (bicyclic) bond motifs is 1. The van der Waals surface area contributed by atoms with Gasteiger partial charge in [0.15, 0.2) is 11.2 Å². The van der Waals surface area contributed by atoms with Gasteiger partial charge in [0.25, 0.3) is 5.56 Å². The first-order valence-corrected chi connectivity index (χ1v) is 8.02. The number of hydrogen-bond donors (Lipinski definition) is 5. The molecule has 0 amide bonds. The summed E-state index contributed by atoms with van der Waals surface area (Å²) < 4.78 is 16.7. The summed E-state index contributed by atoms with van der Waals surface area (Å²) in [4.78, 5) is 39.5. The van der Waals surface area contributed by atoms with Crippen LogP contribution in [-0.4, -0.2) is 47.6 Å². The zero-order chi connectivity index (χ0) is 16.8. The number of hydrogen-bond acceptors (Lipinski definition) is 7. The van der Waals surface area contributed by atoms with Gasteiger partial charge in [0.05, 0.1) is 13.2 Å². The first-order chi connectivity index (χ1) is 10.7. The van der Waals surface area contributed by atoms with Gasteiger partial charge in [-0.3, -0.25) is 18.9 Å². The molecule has 11 nitrogen and oxygen atoms in total. The fourth-order valence-electron chi connectivity index (χ4n) is 2.26. The number of aliphatic hydroxyl groups is 1. The molecule has 1 atom stereocenters. The number of nitrogen functional groups attached to an aromatic ring is 1. The van der Waals surface area contributed by atoms with E-state index in [4.69, 9.17) is 15.5 Å². The molecule has 0 spiro atoms. The van der Waals surface area contributed by atoms with Gasteiger partial charge in [-0.25, -0.2) is 9.55 Å². The van der Waals surface area contributed by atoms with Crippen molar-refractivity contribution in [1.29, 1.82) is 0 Å². The van der Waals surface area contributed by atoms with Crippen LogP contribution in [0.15, 0.2) is 16.7 Å². The Balaban J connectivity index is 0.00000156. The largest absolute Gasteiger partial charge is 1.00 e. The normalized spacial score (nSPS) is 21.9. The molecule has 0 aliphatic heterocycles. The van der Waals surface area contributed by atoms with Crippen molar-refractivity contribution in [2.75, 3.05) is 18.9 Å². The van der Waals surface area contributed by atoms with E-state index in [1.165, 1.54) is 10.9 Å². The standard InChI is InChI=1S/C11H14N5O6P.Li.H/c12-10-14-8-7(9(18)15-10)13-5-16(8)2-6-1-11(6,3-17)4-22-23(19,20)21;;/h2,5,17H,1,3-4H2,(H2,19,20,21)(H3,12,14,15,18);;/q;+1;-1/b6-2-;;/t11-;;/m0../s1. The number of H-pyrrole nitrogens is 1. The fraction of sp³-hybridized carbons (Fsp3) is 0.364. The van der Waals surface area contributed by atoms with E-state index < -0.39 is 18.8 Å². The maximum absolute atomic E-state index is 11.7. The molecule has 3 rings (SSSR count). The number of phosphoric acid groups is 1. The molecular formula is C11H15LiN5O6P. The number of nitrogens with one attached hydrogen (secondary N) is 1. The summed E-state index contributed by atoms with van der Waals surface area (Å²) in [7, 11) is -4.62. The first kappa shape index (κ1) is 18.9. The van der Waals surface area contributed by atoms with Crippen LogP contribution in [-0.2, 0) is 9.09 Å². The Kier molecular flexibility index (Phi) is 5.08. The summed E-state index contributed by atoms with van der Waals surface area (Å²) >= 11 is 0. The van der Waals surface area contributed by atoms with E-state index in [1.54, 1.807) is 6.20 Å². The molecule has 126 valence electrons. The minimum Gasteiger partial charge on any atom is -1.00 e. The van der Waals surface area contributed by atoms with Crippen molar-refractivity contribution in [1.82, 2.24) is 19.5 Å². The number of imidazole rings is 1. The molecule has 1 aliphatic rings. The fourth-order valence-corrected chi connectivity index (χ4v) is 2.68. The number of rotatable bonds is 5. The molecule has 0 radical (unpaired) electrons. The maximum Gasteiger partial charge on any atom is 1.00 e. The molecular weight excluding hydrogens is 336 g/mol. The summed E-state index contributed by atoms with van der Waals surface area (Å²) in [6, 6.07) is 0. The van der Waals surface area contributed by atoms with E-state index in [0.29, 0.717) is 12.0 Å². The molecule has 2 aromatic heterocycles. The number of phosphoric ester groups is 1. The van der Waals surface area contributed by atoms with Crippen molar-refractivity contribution in [3.8, 4) is 0 Å². The van der Waals surface area contributed by atoms with Crippen LogP contribution in [0.4, 0.5) is 5.95 Å². The molecule has 0 aromatic carbocycles. The molecule has 2 aromatic rings. The average molecular weight is 351 g/mol. The van der Waals surface area contributed by atoms with Crippen LogP contribution < -0.4 is 30.2 Å². The van der Waals surface area contributed by atoms with E-state index in [-0.39, 0.29) is 50.6 Å². The minimum absolute atomic E-state index is 0. The first-order valence-electron chi connectivity index (χ1n) is 6.48. The van der Waals surface area contributed by atoms with Gasteiger partial charge in [0.1, 0.15) is 6.33 Å². The third-order valence-electron chi connectivity index (χ3n) is 3.64. The van der Waals surface area contributed by atoms with Crippen LogP contribution in [0.2, 0.25) is 0 Å². The zero-order valence-corrected chi connectivity index (χ0v) is 13.6. The zero-order valence-electron chi connectivity index (χ0n) is 13.7. The van der Waals surface area contributed by atoms with Crippen LogP contribution in [0.1, 0.15) is 7.85 Å². The van der Waals surface area contributed by atoms with Gasteiger partial charge >= 0.3 is 26.7 Å². The molecule has 1 fully saturated rings. The Labute approximate surface area is 148 Å². The Bertz CT molecular complexity index is 910. The molecule has 2 heterocycles. The van der Waals surface area contributed by atoms with Crippen molar-refractivity contribution in [3.05, 3.63) is 22.3 Å². The number of nitrogens with zero attached hydrogens (tertiary/aromatic N) is 3. The topological polar surface area (TPSA) is 177 Å². The Morgan fingerprint density at radius 3 is 2.92 bits per heavy atom. The molecule has 13 heteroatoms. The van der Waals surface area contributed by atoms with Gasteiger partial charge in [-0.15, -0.1) is 0 Å². The maximum atomic E-state index is 11.7. The third-order valence-corrected chi connectivity index (χ3v) is 4.11. The molecule has 0 unspecified atom stereocenters. The third kappa shape index (κ3) is 3.63. The van der Waals surface area contributed by atoms with E-state index in [9.17, 15) is 14.5 Å². The van der Waals surface area contributed by atoms with E-state index in [1.807, 2.05) is 0 Å². The predicted molar refractivity (Wildman–Crippen MR) is 80.1 cm³/mol. The minimum atomic E-state index is -4.62. The summed E-state index contributed by atoms with van der Waals surface area (Å²) in [5.41, 5.74) is 5.21. The molecule has 24 heavy (non-hydrogen) atoms. The monoisotopic (exact) mass is 351 g/mol. The van der Waals surface area contributed by atoms with Gasteiger partial charge in [0.2, 0.25) is 5.95 Å². The van der Waals surface area contributed by atoms with Crippen molar-refractivity contribution >= 4 is 31.1 Å². The van der Waals surface area contributed by atoms with Gasteiger partial charge in [-0.1, -0.05) is 0 Å². The summed E-state index contributed by atoms with van der Waals surface area (Å²) in [6.45, 7) is -0.649. The molecule has 0 saturated heterocycles. The van der Waals surface area contributed by atoms with E-state index in [2.05, 4.69) is 19.5 Å². The van der Waals surface area contributed by atoms with Gasteiger partial charge in [-0.2, -0.15) is 4.98 Å². The Morgan fingerprint density at radius 2 is 2.29 bits per heavy atom. The van der Waals surface area contributed by atoms with Crippen molar-refractivity contribution in [3.63, 3.8) is 0 Å². The Hall–Kier alpha value is -1.44. The van der Waals surface area contributed by atoms with Crippen LogP contribution in [0.5, 0.6) is 0 Å². The molecule has 6 N–H and O–H groups in total. The summed E-state index contributed by atoms with van der Waals surface area (Å²) in [5.74, 6) is -0.0586. The van der Waals surface area contributed by atoms with Gasteiger partial charge < -0.3 is 22.1 Å². The van der Waals surface area contributed by atoms with Gasteiger partial charge in [0, 0.05) is 11.6 Å². The molecule has 0 bridgehead atoms. The number of aromatic nitrogens is 4. The molecule has 1 aliphatic carbocycles. The number of aromatic amines is 1. The second-order valence-corrected chi connectivity index (χ2v) is 6.55. The van der Waals surface area contributed by atoms with Crippen LogP contribution in [0.25, 0.3) is 17.4 Å². The summed E-state index contributed by atoms with van der Waals surface area (Å²) in [6.07, 6.45) is 3.34. The van der Waals surface area contributed by atoms with E-state index >= 15 is 0 Å². The van der Waals surface area contributed by atoms with Crippen LogP contribution >= 0.6 is 7.82 Å². The van der Waals surface area contributed by atoms with Gasteiger partial charge in [-0.05, 0) is 12.0 Å². The van der Waals surface area contributed by atoms with Crippen LogP contribution in [0.3, 0.4) is 0 Å². The SMILES string of the molecule is Nc1nc2c(ncn2/C=C2/C[C@]2(CO)COP(=O)(O)O)c(=O)[nH]1.[H-].[Li+]. The summed E-state index contributed by atoms with van der Waals surface area (Å²) in [5, 5.41) is 9.46. The number of nitrogens with two attached hydrogens (primary N) is 1. The predicted octanol–water partition coefficient (Wildman–Crippen LogP) is -3.85. The number of aliphatic hydroxyl groups excluding tert-OH is 1. The smallest absolute Gasteiger partial charge is 1.00 e. The molecule has 1 saturated carbocycles. The average Bonchev–Trinajstić information content (AvgIpc) is 3.00. The van der Waals surface area contributed by atoms with Crippen molar-refractivity contribution in [2.45, 2.75) is 6.42 Å². The quantitative estimate of drug-likeness (QED) is 0.266. The second kappa shape index (κ2) is 6.46. The second-order valence-electron chi connectivity index (χ2n) is 5.31. The van der Waals surface area contributed by atoms with Crippen LogP contribution in [0, 0.1) is 5.41 Å². The number of anilines is 1. The van der Waals surface area contributed by atoms with Crippen molar-refractivity contribution in [2.24, 2.45) is 5.41 Å². The van der Waals surface area contributed by atoms with E-state index in [0.717, 1.165) is 0 Å². The Morgan fingerprint density at radius 1 is 1.58 bits per heavy atom. The van der Waals surface area contributed by atoms with Crippen molar-refractivity contribution < 1.29 is 44.3 Å².